The summed E-state index contributed by atoms with van der Waals surface area (Å²) in [6.45, 7) is 5.47. The molecule has 1 rings (SSSR count). The molecular formula is C23H41NO. The molecule has 0 amide bonds. The van der Waals surface area contributed by atoms with Gasteiger partial charge in [0, 0.05) is 6.04 Å². The number of benzene rings is 1. The van der Waals surface area contributed by atoms with E-state index < -0.39 is 6.10 Å². The molecule has 2 atom stereocenters. The number of aliphatic hydroxyl groups is 1. The van der Waals surface area contributed by atoms with Gasteiger partial charge in [0.15, 0.2) is 0 Å². The maximum absolute atomic E-state index is 10.5. The summed E-state index contributed by atoms with van der Waals surface area (Å²) in [6.07, 6.45) is 14.8. The van der Waals surface area contributed by atoms with Crippen LogP contribution in [-0.2, 0) is 0 Å². The Hall–Kier alpha value is -0.860. The smallest absolute Gasteiger partial charge is 0.0942 e. The Morgan fingerprint density at radius 1 is 0.800 bits per heavy atom. The minimum absolute atomic E-state index is 0.158. The molecule has 0 aliphatic rings. The highest BCUT2D eigenvalue weighted by atomic mass is 16.3. The van der Waals surface area contributed by atoms with Gasteiger partial charge in [-0.3, -0.25) is 0 Å². The van der Waals surface area contributed by atoms with Crippen LogP contribution < -0.4 is 0 Å². The van der Waals surface area contributed by atoms with E-state index in [9.17, 15) is 5.11 Å². The van der Waals surface area contributed by atoms with Crippen LogP contribution in [0.25, 0.3) is 0 Å². The summed E-state index contributed by atoms with van der Waals surface area (Å²) in [4.78, 5) is 2.30. The van der Waals surface area contributed by atoms with E-state index in [1.54, 1.807) is 0 Å². The van der Waals surface area contributed by atoms with Gasteiger partial charge in [0.25, 0.3) is 0 Å². The van der Waals surface area contributed by atoms with Crippen LogP contribution in [0, 0.1) is 0 Å². The zero-order valence-electron chi connectivity index (χ0n) is 16.9. The topological polar surface area (TPSA) is 23.5 Å². The average Bonchev–Trinajstić information content (AvgIpc) is 2.65. The van der Waals surface area contributed by atoms with Crippen molar-refractivity contribution in [1.82, 2.24) is 4.90 Å². The number of unbranched alkanes of at least 4 members (excludes halogenated alkanes) is 10. The molecular weight excluding hydrogens is 306 g/mol. The molecule has 0 saturated heterocycles. The largest absolute Gasteiger partial charge is 0.387 e. The Labute approximate surface area is 156 Å². The number of rotatable bonds is 15. The van der Waals surface area contributed by atoms with E-state index in [1.165, 1.54) is 70.6 Å². The van der Waals surface area contributed by atoms with E-state index in [4.69, 9.17) is 0 Å². The molecule has 1 aromatic rings. The summed E-state index contributed by atoms with van der Waals surface area (Å²) in [6, 6.07) is 10.2. The fourth-order valence-corrected chi connectivity index (χ4v) is 3.40. The number of hydrogen-bond acceptors (Lipinski definition) is 2. The molecule has 0 saturated carbocycles. The monoisotopic (exact) mass is 347 g/mol. The number of hydrogen-bond donors (Lipinski definition) is 1. The third-order valence-corrected chi connectivity index (χ3v) is 5.41. The van der Waals surface area contributed by atoms with Crippen LogP contribution in [-0.4, -0.2) is 29.6 Å². The van der Waals surface area contributed by atoms with Crippen LogP contribution in [0.15, 0.2) is 30.3 Å². The molecule has 2 nitrogen and oxygen atoms in total. The average molecular weight is 348 g/mol. The Morgan fingerprint density at radius 2 is 1.28 bits per heavy atom. The summed E-state index contributed by atoms with van der Waals surface area (Å²) in [5.41, 5.74) is 1.01. The quantitative estimate of drug-likeness (QED) is 0.374. The molecule has 25 heavy (non-hydrogen) atoms. The molecule has 0 heterocycles. The van der Waals surface area contributed by atoms with Gasteiger partial charge in [-0.05, 0) is 32.5 Å². The van der Waals surface area contributed by atoms with Crippen LogP contribution in [0.4, 0.5) is 0 Å². The SMILES string of the molecule is CCCCCCCCCCCCCN(C)C(C)C(O)c1ccccc1. The van der Waals surface area contributed by atoms with E-state index in [-0.39, 0.29) is 6.04 Å². The highest BCUT2D eigenvalue weighted by molar-refractivity contribution is 5.18. The van der Waals surface area contributed by atoms with Crippen molar-refractivity contribution in [2.45, 2.75) is 96.6 Å². The first-order chi connectivity index (χ1) is 12.2. The zero-order chi connectivity index (χ0) is 18.3. The van der Waals surface area contributed by atoms with Crippen LogP contribution >= 0.6 is 0 Å². The maximum Gasteiger partial charge on any atom is 0.0942 e. The molecule has 0 aliphatic heterocycles. The number of aliphatic hydroxyl groups excluding tert-OH is 1. The van der Waals surface area contributed by atoms with Crippen molar-refractivity contribution < 1.29 is 5.11 Å². The molecule has 0 aromatic heterocycles. The van der Waals surface area contributed by atoms with Gasteiger partial charge in [-0.1, -0.05) is 101 Å². The lowest BCUT2D eigenvalue weighted by Crippen LogP contribution is -2.35. The summed E-state index contributed by atoms with van der Waals surface area (Å²) in [5.74, 6) is 0. The van der Waals surface area contributed by atoms with Gasteiger partial charge in [-0.2, -0.15) is 0 Å². The molecule has 0 fully saturated rings. The van der Waals surface area contributed by atoms with E-state index in [2.05, 4.69) is 25.8 Å². The van der Waals surface area contributed by atoms with Gasteiger partial charge in [0.1, 0.15) is 0 Å². The number of nitrogens with zero attached hydrogens (tertiary/aromatic N) is 1. The Morgan fingerprint density at radius 3 is 1.80 bits per heavy atom. The molecule has 1 aromatic carbocycles. The minimum Gasteiger partial charge on any atom is -0.387 e. The molecule has 2 heteroatoms. The molecule has 0 aliphatic carbocycles. The second-order valence-corrected chi connectivity index (χ2v) is 7.61. The standard InChI is InChI=1S/C23H41NO/c1-4-5-6-7-8-9-10-11-12-13-17-20-24(3)21(2)23(25)22-18-15-14-16-19-22/h14-16,18-19,21,23,25H,4-13,17,20H2,1-3H3. The highest BCUT2D eigenvalue weighted by Crippen LogP contribution is 2.20. The van der Waals surface area contributed by atoms with E-state index in [1.807, 2.05) is 30.3 Å². The van der Waals surface area contributed by atoms with Crippen LogP contribution in [0.1, 0.15) is 96.1 Å². The molecule has 2 unspecified atom stereocenters. The summed E-state index contributed by atoms with van der Waals surface area (Å²) >= 11 is 0. The van der Waals surface area contributed by atoms with E-state index in [0.717, 1.165) is 12.1 Å². The van der Waals surface area contributed by atoms with Gasteiger partial charge >= 0.3 is 0 Å². The third kappa shape index (κ3) is 10.0. The maximum atomic E-state index is 10.5. The van der Waals surface area contributed by atoms with Crippen LogP contribution in [0.3, 0.4) is 0 Å². The van der Waals surface area contributed by atoms with Crippen molar-refractivity contribution in [3.63, 3.8) is 0 Å². The van der Waals surface area contributed by atoms with Gasteiger partial charge < -0.3 is 10.0 Å². The molecule has 144 valence electrons. The lowest BCUT2D eigenvalue weighted by atomic mass is 10.0. The first-order valence-electron chi connectivity index (χ1n) is 10.6. The Bertz CT molecular complexity index is 406. The normalized spacial score (nSPS) is 14.0. The zero-order valence-corrected chi connectivity index (χ0v) is 16.9. The van der Waals surface area contributed by atoms with E-state index >= 15 is 0 Å². The second kappa shape index (κ2) is 14.3. The Balaban J connectivity index is 2.02. The molecule has 1 N–H and O–H groups in total. The van der Waals surface area contributed by atoms with Gasteiger partial charge in [-0.25, -0.2) is 0 Å². The van der Waals surface area contributed by atoms with Crippen molar-refractivity contribution in [3.8, 4) is 0 Å². The molecule has 0 spiro atoms. The predicted molar refractivity (Wildman–Crippen MR) is 110 cm³/mol. The lowest BCUT2D eigenvalue weighted by Gasteiger charge is -2.29. The minimum atomic E-state index is -0.404. The molecule has 0 radical (unpaired) electrons. The Kier molecular flexibility index (Phi) is 12.7. The lowest BCUT2D eigenvalue weighted by molar-refractivity contribution is 0.0716. The first-order valence-corrected chi connectivity index (χ1v) is 10.6. The van der Waals surface area contributed by atoms with Gasteiger partial charge in [0.2, 0.25) is 0 Å². The molecule has 0 bridgehead atoms. The van der Waals surface area contributed by atoms with Crippen molar-refractivity contribution in [2.24, 2.45) is 0 Å². The van der Waals surface area contributed by atoms with Gasteiger partial charge in [0.05, 0.1) is 6.10 Å². The first kappa shape index (κ1) is 22.2. The number of likely N-dealkylation sites (N-methyl/N-ethyl adjacent to an activating group) is 1. The predicted octanol–water partition coefficient (Wildman–Crippen LogP) is 6.35. The summed E-state index contributed by atoms with van der Waals surface area (Å²) < 4.78 is 0. The van der Waals surface area contributed by atoms with Crippen molar-refractivity contribution in [3.05, 3.63) is 35.9 Å². The van der Waals surface area contributed by atoms with Crippen molar-refractivity contribution >= 4 is 0 Å². The summed E-state index contributed by atoms with van der Waals surface area (Å²) in [7, 11) is 2.13. The third-order valence-electron chi connectivity index (χ3n) is 5.41. The fourth-order valence-electron chi connectivity index (χ4n) is 3.40. The van der Waals surface area contributed by atoms with E-state index in [0.29, 0.717) is 0 Å². The van der Waals surface area contributed by atoms with Crippen molar-refractivity contribution in [1.29, 1.82) is 0 Å². The van der Waals surface area contributed by atoms with Crippen molar-refractivity contribution in [2.75, 3.05) is 13.6 Å². The fraction of sp³-hybridized carbons (Fsp3) is 0.739. The summed E-state index contributed by atoms with van der Waals surface area (Å²) in [5, 5.41) is 10.5. The van der Waals surface area contributed by atoms with Crippen LogP contribution in [0.2, 0.25) is 0 Å². The highest BCUT2D eigenvalue weighted by Gasteiger charge is 2.19. The van der Waals surface area contributed by atoms with Gasteiger partial charge in [-0.15, -0.1) is 0 Å². The second-order valence-electron chi connectivity index (χ2n) is 7.61. The van der Waals surface area contributed by atoms with Crippen LogP contribution in [0.5, 0.6) is 0 Å².